The van der Waals surface area contributed by atoms with Crippen molar-refractivity contribution in [3.63, 3.8) is 0 Å². The van der Waals surface area contributed by atoms with Gasteiger partial charge >= 0.3 is 0 Å². The Balaban J connectivity index is 2.00. The summed E-state index contributed by atoms with van der Waals surface area (Å²) in [6, 6.07) is 22.7. The van der Waals surface area contributed by atoms with Crippen molar-refractivity contribution >= 4 is 27.7 Å². The smallest absolute Gasteiger partial charge is 0.243 e. The van der Waals surface area contributed by atoms with Crippen molar-refractivity contribution in [2.24, 2.45) is 0 Å². The standard InChI is InChI=1S/C28H30BrFN2O2/c1-28(2,3)31-27(34)25(17-20-10-5-4-6-11-20)32(19-21-12-9-14-23(29)16-21)26(33)18-22-13-7-8-15-24(22)30/h4-16,25H,17-19H2,1-3H3,(H,31,34). The van der Waals surface area contributed by atoms with Crippen LogP contribution < -0.4 is 5.32 Å². The Morgan fingerprint density at radius 2 is 1.59 bits per heavy atom. The number of hydrogen-bond acceptors (Lipinski definition) is 2. The number of amides is 2. The van der Waals surface area contributed by atoms with Crippen LogP contribution in [0.3, 0.4) is 0 Å². The van der Waals surface area contributed by atoms with Gasteiger partial charge in [0, 0.05) is 23.0 Å². The number of nitrogens with zero attached hydrogens (tertiary/aromatic N) is 1. The minimum Gasteiger partial charge on any atom is -0.350 e. The van der Waals surface area contributed by atoms with E-state index in [2.05, 4.69) is 21.2 Å². The van der Waals surface area contributed by atoms with Gasteiger partial charge < -0.3 is 10.2 Å². The molecular formula is C28H30BrFN2O2. The summed E-state index contributed by atoms with van der Waals surface area (Å²) < 4.78 is 15.2. The first-order valence-corrected chi connectivity index (χ1v) is 12.0. The Kier molecular flexibility index (Phi) is 8.61. The molecule has 3 aromatic rings. The third-order valence-corrected chi connectivity index (χ3v) is 5.80. The summed E-state index contributed by atoms with van der Waals surface area (Å²) in [6.45, 7) is 5.95. The van der Waals surface area contributed by atoms with Crippen LogP contribution in [0, 0.1) is 5.82 Å². The third kappa shape index (κ3) is 7.52. The monoisotopic (exact) mass is 524 g/mol. The van der Waals surface area contributed by atoms with Crippen LogP contribution in [-0.4, -0.2) is 28.3 Å². The maximum absolute atomic E-state index is 14.4. The molecule has 1 unspecified atom stereocenters. The zero-order valence-electron chi connectivity index (χ0n) is 19.7. The SMILES string of the molecule is CC(C)(C)NC(=O)C(Cc1ccccc1)N(Cc1cccc(Br)c1)C(=O)Cc1ccccc1F. The zero-order chi connectivity index (χ0) is 24.7. The van der Waals surface area contributed by atoms with E-state index in [1.165, 1.54) is 6.07 Å². The molecule has 0 bridgehead atoms. The van der Waals surface area contributed by atoms with E-state index in [-0.39, 0.29) is 24.8 Å². The van der Waals surface area contributed by atoms with E-state index in [1.807, 2.05) is 75.4 Å². The lowest BCUT2D eigenvalue weighted by Gasteiger charge is -2.34. The summed E-state index contributed by atoms with van der Waals surface area (Å²) in [7, 11) is 0. The van der Waals surface area contributed by atoms with Crippen LogP contribution in [0.4, 0.5) is 4.39 Å². The summed E-state index contributed by atoms with van der Waals surface area (Å²) in [5, 5.41) is 3.03. The van der Waals surface area contributed by atoms with Crippen LogP contribution in [0.2, 0.25) is 0 Å². The minimum absolute atomic E-state index is 0.130. The normalized spacial score (nSPS) is 12.1. The van der Waals surface area contributed by atoms with E-state index in [0.29, 0.717) is 12.0 Å². The van der Waals surface area contributed by atoms with Gasteiger partial charge in [0.25, 0.3) is 0 Å². The van der Waals surface area contributed by atoms with Gasteiger partial charge in [-0.25, -0.2) is 4.39 Å². The van der Waals surface area contributed by atoms with Gasteiger partial charge in [-0.05, 0) is 55.7 Å². The van der Waals surface area contributed by atoms with E-state index in [9.17, 15) is 14.0 Å². The molecule has 0 saturated carbocycles. The van der Waals surface area contributed by atoms with E-state index in [1.54, 1.807) is 23.1 Å². The second-order valence-corrected chi connectivity index (χ2v) is 10.3. The van der Waals surface area contributed by atoms with Crippen LogP contribution in [0.1, 0.15) is 37.5 Å². The van der Waals surface area contributed by atoms with Crippen LogP contribution in [0.5, 0.6) is 0 Å². The van der Waals surface area contributed by atoms with Crippen molar-refractivity contribution in [1.29, 1.82) is 0 Å². The second-order valence-electron chi connectivity index (χ2n) is 9.36. The molecule has 0 heterocycles. The van der Waals surface area contributed by atoms with Crippen molar-refractivity contribution in [3.8, 4) is 0 Å². The molecule has 2 amide bonds. The molecule has 3 aromatic carbocycles. The molecule has 3 rings (SSSR count). The van der Waals surface area contributed by atoms with Gasteiger partial charge in [-0.3, -0.25) is 9.59 Å². The zero-order valence-corrected chi connectivity index (χ0v) is 21.3. The minimum atomic E-state index is -0.764. The molecule has 4 nitrogen and oxygen atoms in total. The summed E-state index contributed by atoms with van der Waals surface area (Å²) in [5.41, 5.74) is 1.65. The first-order chi connectivity index (χ1) is 16.1. The van der Waals surface area contributed by atoms with Crippen LogP contribution in [0.15, 0.2) is 83.3 Å². The maximum atomic E-state index is 14.4. The van der Waals surface area contributed by atoms with Crippen molar-refractivity contribution < 1.29 is 14.0 Å². The highest BCUT2D eigenvalue weighted by molar-refractivity contribution is 9.10. The Bertz CT molecular complexity index is 1130. The maximum Gasteiger partial charge on any atom is 0.243 e. The fourth-order valence-electron chi connectivity index (χ4n) is 3.75. The largest absolute Gasteiger partial charge is 0.350 e. The topological polar surface area (TPSA) is 49.4 Å². The van der Waals surface area contributed by atoms with Gasteiger partial charge in [-0.1, -0.05) is 76.6 Å². The predicted octanol–water partition coefficient (Wildman–Crippen LogP) is 5.69. The molecule has 0 radical (unpaired) electrons. The fraction of sp³-hybridized carbons (Fsp3) is 0.286. The van der Waals surface area contributed by atoms with Crippen molar-refractivity contribution in [2.75, 3.05) is 0 Å². The third-order valence-electron chi connectivity index (χ3n) is 5.31. The number of hydrogen-bond donors (Lipinski definition) is 1. The first kappa shape index (κ1) is 25.6. The molecule has 1 atom stereocenters. The average molecular weight is 525 g/mol. The number of carbonyl (C=O) groups excluding carboxylic acids is 2. The molecule has 0 aliphatic carbocycles. The highest BCUT2D eigenvalue weighted by Crippen LogP contribution is 2.20. The van der Waals surface area contributed by atoms with Gasteiger partial charge in [0.15, 0.2) is 0 Å². The molecule has 0 fully saturated rings. The number of halogens is 2. The molecule has 0 saturated heterocycles. The molecule has 34 heavy (non-hydrogen) atoms. The van der Waals surface area contributed by atoms with Gasteiger partial charge in [0.05, 0.1) is 6.42 Å². The van der Waals surface area contributed by atoms with Crippen molar-refractivity contribution in [1.82, 2.24) is 10.2 Å². The lowest BCUT2D eigenvalue weighted by Crippen LogP contribution is -2.54. The molecule has 178 valence electrons. The number of carbonyl (C=O) groups is 2. The van der Waals surface area contributed by atoms with Gasteiger partial charge in [-0.15, -0.1) is 0 Å². The summed E-state index contributed by atoms with van der Waals surface area (Å²) in [5.74, 6) is -0.986. The molecule has 0 aliphatic rings. The van der Waals surface area contributed by atoms with E-state index < -0.39 is 17.4 Å². The van der Waals surface area contributed by atoms with E-state index >= 15 is 0 Å². The average Bonchev–Trinajstić information content (AvgIpc) is 2.77. The van der Waals surface area contributed by atoms with E-state index in [0.717, 1.165) is 15.6 Å². The predicted molar refractivity (Wildman–Crippen MR) is 137 cm³/mol. The highest BCUT2D eigenvalue weighted by Gasteiger charge is 2.32. The van der Waals surface area contributed by atoms with Crippen LogP contribution >= 0.6 is 15.9 Å². The number of nitrogens with one attached hydrogen (secondary N) is 1. The first-order valence-electron chi connectivity index (χ1n) is 11.3. The molecule has 6 heteroatoms. The quantitative estimate of drug-likeness (QED) is 0.411. The summed E-state index contributed by atoms with van der Waals surface area (Å²) in [6.07, 6.45) is 0.217. The molecule has 0 aromatic heterocycles. The Morgan fingerprint density at radius 3 is 2.24 bits per heavy atom. The summed E-state index contributed by atoms with van der Waals surface area (Å²) in [4.78, 5) is 28.7. The second kappa shape index (κ2) is 11.4. The number of rotatable bonds is 8. The Morgan fingerprint density at radius 1 is 0.941 bits per heavy atom. The van der Waals surface area contributed by atoms with Crippen LogP contribution in [-0.2, 0) is 29.0 Å². The van der Waals surface area contributed by atoms with E-state index in [4.69, 9.17) is 0 Å². The van der Waals surface area contributed by atoms with Gasteiger partial charge in [0.2, 0.25) is 11.8 Å². The number of benzene rings is 3. The highest BCUT2D eigenvalue weighted by atomic mass is 79.9. The van der Waals surface area contributed by atoms with Crippen LogP contribution in [0.25, 0.3) is 0 Å². The molecule has 0 aliphatic heterocycles. The lowest BCUT2D eigenvalue weighted by atomic mass is 9.99. The Labute approximate surface area is 209 Å². The summed E-state index contributed by atoms with van der Waals surface area (Å²) >= 11 is 3.48. The van der Waals surface area contributed by atoms with Gasteiger partial charge in [-0.2, -0.15) is 0 Å². The molecule has 0 spiro atoms. The van der Waals surface area contributed by atoms with Gasteiger partial charge in [0.1, 0.15) is 11.9 Å². The Hall–Kier alpha value is -2.99. The molecular weight excluding hydrogens is 495 g/mol. The lowest BCUT2D eigenvalue weighted by molar-refractivity contribution is -0.141. The van der Waals surface area contributed by atoms with Crippen molar-refractivity contribution in [3.05, 3.63) is 106 Å². The fourth-order valence-corrected chi connectivity index (χ4v) is 4.19. The van der Waals surface area contributed by atoms with Crippen molar-refractivity contribution in [2.45, 2.75) is 51.7 Å². The molecule has 1 N–H and O–H groups in total.